The first-order valence-corrected chi connectivity index (χ1v) is 8.07. The van der Waals surface area contributed by atoms with Gasteiger partial charge in [0.25, 0.3) is 0 Å². The summed E-state index contributed by atoms with van der Waals surface area (Å²) in [6.45, 7) is 2.05. The molecule has 0 saturated carbocycles. The van der Waals surface area contributed by atoms with Gasteiger partial charge in [-0.25, -0.2) is 13.2 Å². The zero-order chi connectivity index (χ0) is 16.2. The summed E-state index contributed by atoms with van der Waals surface area (Å²) >= 11 is 0. The van der Waals surface area contributed by atoms with Gasteiger partial charge in [-0.3, -0.25) is 4.68 Å². The van der Waals surface area contributed by atoms with E-state index in [0.29, 0.717) is 5.69 Å². The number of carboxylic acid groups (broad SMARTS) is 1. The number of aromatic nitrogens is 3. The lowest BCUT2D eigenvalue weighted by Crippen LogP contribution is -2.26. The van der Waals surface area contributed by atoms with Crippen molar-refractivity contribution in [2.45, 2.75) is 24.9 Å². The summed E-state index contributed by atoms with van der Waals surface area (Å²) in [6.07, 6.45) is 1.80. The SMILES string of the molecule is Cc1c(S(=O)(=O)N2Cc3cn(C)nc3C2)cc(C(=O)O)n1C. The molecule has 3 heterocycles. The Balaban J connectivity index is 2.00. The summed E-state index contributed by atoms with van der Waals surface area (Å²) in [5.41, 5.74) is 1.96. The molecule has 1 aliphatic heterocycles. The number of aromatic carboxylic acids is 1. The Morgan fingerprint density at radius 2 is 2.00 bits per heavy atom. The molecule has 0 aromatic carbocycles. The highest BCUT2D eigenvalue weighted by Crippen LogP contribution is 2.30. The summed E-state index contributed by atoms with van der Waals surface area (Å²) in [4.78, 5) is 11.2. The average Bonchev–Trinajstić information content (AvgIpc) is 3.02. The third kappa shape index (κ3) is 2.04. The quantitative estimate of drug-likeness (QED) is 0.885. The first-order chi connectivity index (χ1) is 10.2. The zero-order valence-corrected chi connectivity index (χ0v) is 13.3. The van der Waals surface area contributed by atoms with Gasteiger partial charge in [0.1, 0.15) is 10.6 Å². The molecule has 1 aliphatic rings. The predicted molar refractivity (Wildman–Crippen MR) is 76.8 cm³/mol. The van der Waals surface area contributed by atoms with Crippen LogP contribution in [0.1, 0.15) is 27.4 Å². The molecule has 1 N–H and O–H groups in total. The molecule has 0 saturated heterocycles. The monoisotopic (exact) mass is 324 g/mol. The van der Waals surface area contributed by atoms with Gasteiger partial charge in [0.05, 0.1) is 12.2 Å². The Morgan fingerprint density at radius 1 is 1.32 bits per heavy atom. The molecular formula is C13H16N4O4S. The van der Waals surface area contributed by atoms with E-state index in [0.717, 1.165) is 11.3 Å². The fraction of sp³-hybridized carbons (Fsp3) is 0.385. The Bertz CT molecular complexity index is 855. The van der Waals surface area contributed by atoms with Gasteiger partial charge in [-0.15, -0.1) is 0 Å². The van der Waals surface area contributed by atoms with Gasteiger partial charge in [-0.05, 0) is 13.0 Å². The molecule has 0 fully saturated rings. The Kier molecular flexibility index (Phi) is 3.15. The number of hydrogen-bond acceptors (Lipinski definition) is 4. The fourth-order valence-electron chi connectivity index (χ4n) is 2.71. The third-order valence-corrected chi connectivity index (χ3v) is 5.90. The minimum atomic E-state index is -3.76. The third-order valence-electron chi connectivity index (χ3n) is 3.99. The van der Waals surface area contributed by atoms with Crippen LogP contribution in [0.2, 0.25) is 0 Å². The number of carbonyl (C=O) groups is 1. The summed E-state index contributed by atoms with van der Waals surface area (Å²) in [5.74, 6) is -1.15. The molecule has 3 rings (SSSR count). The van der Waals surface area contributed by atoms with Crippen LogP contribution in [0.15, 0.2) is 17.2 Å². The van der Waals surface area contributed by atoms with Crippen molar-refractivity contribution >= 4 is 16.0 Å². The highest BCUT2D eigenvalue weighted by Gasteiger charge is 2.35. The highest BCUT2D eigenvalue weighted by molar-refractivity contribution is 7.89. The minimum Gasteiger partial charge on any atom is -0.477 e. The van der Waals surface area contributed by atoms with Crippen LogP contribution in [0.25, 0.3) is 0 Å². The van der Waals surface area contributed by atoms with Gasteiger partial charge in [-0.2, -0.15) is 9.40 Å². The van der Waals surface area contributed by atoms with E-state index in [2.05, 4.69) is 5.10 Å². The van der Waals surface area contributed by atoms with E-state index >= 15 is 0 Å². The summed E-state index contributed by atoms with van der Waals surface area (Å²) in [6, 6.07) is 1.21. The van der Waals surface area contributed by atoms with Crippen LogP contribution < -0.4 is 0 Å². The number of sulfonamides is 1. The maximum atomic E-state index is 12.8. The van der Waals surface area contributed by atoms with Crippen molar-refractivity contribution in [3.63, 3.8) is 0 Å². The van der Waals surface area contributed by atoms with E-state index in [1.807, 2.05) is 0 Å². The second-order valence-corrected chi connectivity index (χ2v) is 7.30. The maximum Gasteiger partial charge on any atom is 0.352 e. The number of hydrogen-bond donors (Lipinski definition) is 1. The molecule has 0 spiro atoms. The predicted octanol–water partition coefficient (Wildman–Crippen LogP) is 0.470. The second-order valence-electron chi connectivity index (χ2n) is 5.39. The van der Waals surface area contributed by atoms with Crippen LogP contribution in [0.4, 0.5) is 0 Å². The molecule has 22 heavy (non-hydrogen) atoms. The Labute approximate surface area is 127 Å². The topological polar surface area (TPSA) is 97.4 Å². The van der Waals surface area contributed by atoms with E-state index < -0.39 is 16.0 Å². The van der Waals surface area contributed by atoms with Crippen LogP contribution in [0.3, 0.4) is 0 Å². The van der Waals surface area contributed by atoms with Crippen molar-refractivity contribution in [1.29, 1.82) is 0 Å². The Hall–Kier alpha value is -2.13. The molecule has 0 atom stereocenters. The largest absolute Gasteiger partial charge is 0.477 e. The van der Waals surface area contributed by atoms with E-state index in [-0.39, 0.29) is 23.7 Å². The van der Waals surface area contributed by atoms with Crippen molar-refractivity contribution in [1.82, 2.24) is 18.7 Å². The lowest BCUT2D eigenvalue weighted by atomic mass is 10.3. The van der Waals surface area contributed by atoms with E-state index in [9.17, 15) is 13.2 Å². The fourth-order valence-corrected chi connectivity index (χ4v) is 4.36. The molecule has 0 radical (unpaired) electrons. The van der Waals surface area contributed by atoms with Crippen molar-refractivity contribution in [3.05, 3.63) is 34.9 Å². The molecule has 2 aromatic heterocycles. The van der Waals surface area contributed by atoms with Crippen molar-refractivity contribution in [3.8, 4) is 0 Å². The van der Waals surface area contributed by atoms with Crippen LogP contribution in [0.5, 0.6) is 0 Å². The lowest BCUT2D eigenvalue weighted by molar-refractivity contribution is 0.0686. The highest BCUT2D eigenvalue weighted by atomic mass is 32.2. The van der Waals surface area contributed by atoms with E-state index in [4.69, 9.17) is 5.11 Å². The maximum absolute atomic E-state index is 12.8. The molecule has 8 nitrogen and oxygen atoms in total. The Morgan fingerprint density at radius 3 is 2.55 bits per heavy atom. The summed E-state index contributed by atoms with van der Waals surface area (Å²) in [7, 11) is -0.426. The number of fused-ring (bicyclic) bond motifs is 1. The van der Waals surface area contributed by atoms with Crippen LogP contribution in [-0.2, 0) is 37.2 Å². The zero-order valence-electron chi connectivity index (χ0n) is 12.4. The number of rotatable bonds is 3. The van der Waals surface area contributed by atoms with E-state index in [1.165, 1.54) is 22.0 Å². The molecule has 0 amide bonds. The first-order valence-electron chi connectivity index (χ1n) is 6.63. The van der Waals surface area contributed by atoms with Gasteiger partial charge in [0, 0.05) is 38.1 Å². The van der Waals surface area contributed by atoms with Crippen molar-refractivity contribution in [2.24, 2.45) is 14.1 Å². The minimum absolute atomic E-state index is 0.0296. The summed E-state index contributed by atoms with van der Waals surface area (Å²) in [5, 5.41) is 13.4. The van der Waals surface area contributed by atoms with Gasteiger partial charge in [0.15, 0.2) is 0 Å². The van der Waals surface area contributed by atoms with Gasteiger partial charge in [0.2, 0.25) is 10.0 Å². The first kappa shape index (κ1) is 14.8. The van der Waals surface area contributed by atoms with Crippen LogP contribution in [0, 0.1) is 6.92 Å². The smallest absolute Gasteiger partial charge is 0.352 e. The molecule has 9 heteroatoms. The second kappa shape index (κ2) is 4.68. The van der Waals surface area contributed by atoms with Crippen LogP contribution in [-0.4, -0.2) is 38.1 Å². The molecular weight excluding hydrogens is 308 g/mol. The molecule has 118 valence electrons. The normalized spacial score (nSPS) is 15.2. The average molecular weight is 324 g/mol. The molecule has 0 aliphatic carbocycles. The molecule has 0 bridgehead atoms. The summed E-state index contributed by atoms with van der Waals surface area (Å²) < 4.78 is 29.9. The molecule has 2 aromatic rings. The number of nitrogens with zero attached hydrogens (tertiary/aromatic N) is 4. The van der Waals surface area contributed by atoms with Crippen molar-refractivity contribution < 1.29 is 18.3 Å². The standard InChI is InChI=1S/C13H16N4O4S/c1-8-12(4-11(13(18)19)16(8)3)22(20,21)17-6-9-5-15(2)14-10(9)7-17/h4-5H,6-7H2,1-3H3,(H,18,19). The number of aryl methyl sites for hydroxylation is 1. The lowest BCUT2D eigenvalue weighted by Gasteiger charge is -2.15. The van der Waals surface area contributed by atoms with E-state index in [1.54, 1.807) is 24.9 Å². The van der Waals surface area contributed by atoms with Gasteiger partial charge >= 0.3 is 5.97 Å². The van der Waals surface area contributed by atoms with Gasteiger partial charge in [-0.1, -0.05) is 0 Å². The molecule has 0 unspecified atom stereocenters. The van der Waals surface area contributed by atoms with Crippen LogP contribution >= 0.6 is 0 Å². The number of carboxylic acids is 1. The van der Waals surface area contributed by atoms with Crippen molar-refractivity contribution in [2.75, 3.05) is 0 Å². The van der Waals surface area contributed by atoms with Gasteiger partial charge < -0.3 is 9.67 Å².